The van der Waals surface area contributed by atoms with E-state index in [0.29, 0.717) is 12.1 Å². The van der Waals surface area contributed by atoms with Gasteiger partial charge in [0.2, 0.25) is 11.8 Å². The normalized spacial score (nSPS) is 18.3. The Morgan fingerprint density at radius 3 is 2.50 bits per heavy atom. The first-order valence-electron chi connectivity index (χ1n) is 9.35. The van der Waals surface area contributed by atoms with E-state index in [2.05, 4.69) is 10.6 Å². The van der Waals surface area contributed by atoms with Gasteiger partial charge in [-0.15, -0.1) is 4.52 Å². The van der Waals surface area contributed by atoms with E-state index >= 15 is 0 Å². The number of aliphatic hydroxyl groups excluding tert-OH is 1. The van der Waals surface area contributed by atoms with Crippen molar-refractivity contribution in [3.63, 3.8) is 0 Å². The fraction of sp³-hybridized carbons (Fsp3) is 0.882. The maximum atomic E-state index is 11.9. The molecule has 0 aromatic heterocycles. The lowest BCUT2D eigenvalue weighted by atomic mass is 9.91. The molecule has 1 aliphatic rings. The zero-order chi connectivity index (χ0) is 19.5. The van der Waals surface area contributed by atoms with Gasteiger partial charge >= 0.3 is 8.03 Å². The summed E-state index contributed by atoms with van der Waals surface area (Å²) in [6, 6.07) is -0.665. The highest BCUT2D eigenvalue weighted by molar-refractivity contribution is 7.39. The van der Waals surface area contributed by atoms with Crippen LogP contribution in [0.3, 0.4) is 0 Å². The number of amides is 2. The molecule has 0 spiro atoms. The predicted molar refractivity (Wildman–Crippen MR) is 99.8 cm³/mol. The Bertz CT molecular complexity index is 469. The third-order valence-corrected chi connectivity index (χ3v) is 5.77. The van der Waals surface area contributed by atoms with Crippen LogP contribution in [0.4, 0.5) is 0 Å². The summed E-state index contributed by atoms with van der Waals surface area (Å²) in [4.78, 5) is 23.3. The third kappa shape index (κ3) is 9.57. The van der Waals surface area contributed by atoms with Crippen molar-refractivity contribution >= 4 is 19.8 Å². The number of nitrogens with two attached hydrogens (primary N) is 1. The number of carbonyl (C=O) groups excluding carboxylic acids is 2. The van der Waals surface area contributed by atoms with Gasteiger partial charge in [0.15, 0.2) is 6.16 Å². The van der Waals surface area contributed by atoms with Crippen molar-refractivity contribution in [1.82, 2.24) is 10.6 Å². The molecule has 3 atom stereocenters. The fourth-order valence-electron chi connectivity index (χ4n) is 2.74. The molecule has 1 fully saturated rings. The second kappa shape index (κ2) is 12.3. The Kier molecular flexibility index (Phi) is 10.9. The summed E-state index contributed by atoms with van der Waals surface area (Å²) in [5, 5.41) is 14.8. The van der Waals surface area contributed by atoms with Gasteiger partial charge in [0.1, 0.15) is 6.61 Å². The SMILES string of the molecule is CC(C)[C@H](N)C(=O)NCC(=O)NC[C@H](O)CO[P+](=O)CC1CCCCC1. The van der Waals surface area contributed by atoms with Crippen LogP contribution in [0.25, 0.3) is 0 Å². The summed E-state index contributed by atoms with van der Waals surface area (Å²) in [6.07, 6.45) is 5.39. The van der Waals surface area contributed by atoms with Crippen molar-refractivity contribution < 1.29 is 23.8 Å². The second-order valence-electron chi connectivity index (χ2n) is 7.26. The van der Waals surface area contributed by atoms with Crippen LogP contribution in [-0.2, 0) is 18.7 Å². The van der Waals surface area contributed by atoms with Crippen LogP contribution in [0, 0.1) is 11.8 Å². The number of carbonyl (C=O) groups is 2. The van der Waals surface area contributed by atoms with E-state index in [1.807, 2.05) is 13.8 Å². The van der Waals surface area contributed by atoms with Gasteiger partial charge in [-0.1, -0.05) is 33.1 Å². The topological polar surface area (TPSA) is 131 Å². The summed E-state index contributed by atoms with van der Waals surface area (Å²) >= 11 is 0. The molecule has 0 aromatic rings. The molecule has 0 heterocycles. The summed E-state index contributed by atoms with van der Waals surface area (Å²) in [5.41, 5.74) is 5.68. The minimum atomic E-state index is -1.78. The number of hydrogen-bond donors (Lipinski definition) is 4. The Morgan fingerprint density at radius 2 is 1.88 bits per heavy atom. The van der Waals surface area contributed by atoms with Crippen LogP contribution >= 0.6 is 8.03 Å². The molecule has 8 nitrogen and oxygen atoms in total. The molecule has 9 heteroatoms. The molecule has 5 N–H and O–H groups in total. The quantitative estimate of drug-likeness (QED) is 0.388. The summed E-state index contributed by atoms with van der Waals surface area (Å²) < 4.78 is 17.1. The molecule has 0 aliphatic heterocycles. The highest BCUT2D eigenvalue weighted by Crippen LogP contribution is 2.33. The average molecular weight is 390 g/mol. The molecular weight excluding hydrogens is 357 g/mol. The zero-order valence-corrected chi connectivity index (χ0v) is 16.7. The minimum absolute atomic E-state index is 0.0207. The first-order valence-corrected chi connectivity index (χ1v) is 10.7. The van der Waals surface area contributed by atoms with Crippen molar-refractivity contribution in [2.45, 2.75) is 58.1 Å². The fourth-order valence-corrected chi connectivity index (χ4v) is 3.97. The molecule has 0 saturated heterocycles. The Hall–Kier alpha value is -1.08. The van der Waals surface area contributed by atoms with E-state index < -0.39 is 32.0 Å². The van der Waals surface area contributed by atoms with E-state index in [0.717, 1.165) is 12.8 Å². The second-order valence-corrected chi connectivity index (χ2v) is 8.55. The highest BCUT2D eigenvalue weighted by Gasteiger charge is 2.27. The maximum absolute atomic E-state index is 11.9. The molecule has 2 amide bonds. The molecule has 1 rings (SSSR count). The first-order chi connectivity index (χ1) is 12.3. The van der Waals surface area contributed by atoms with Crippen LogP contribution in [0.2, 0.25) is 0 Å². The number of nitrogens with one attached hydrogen (secondary N) is 2. The van der Waals surface area contributed by atoms with E-state index in [1.54, 1.807) is 0 Å². The zero-order valence-electron chi connectivity index (χ0n) is 15.8. The molecule has 150 valence electrons. The predicted octanol–water partition coefficient (Wildman–Crippen LogP) is 0.902. The lowest BCUT2D eigenvalue weighted by Crippen LogP contribution is -2.48. The molecule has 26 heavy (non-hydrogen) atoms. The highest BCUT2D eigenvalue weighted by atomic mass is 31.1. The molecule has 0 bridgehead atoms. The van der Waals surface area contributed by atoms with Crippen LogP contribution in [0.1, 0.15) is 46.0 Å². The monoisotopic (exact) mass is 390 g/mol. The van der Waals surface area contributed by atoms with Gasteiger partial charge in [0.05, 0.1) is 18.7 Å². The van der Waals surface area contributed by atoms with Crippen molar-refractivity contribution in [2.75, 3.05) is 25.9 Å². The van der Waals surface area contributed by atoms with E-state index in [-0.39, 0.29) is 25.6 Å². The van der Waals surface area contributed by atoms with Gasteiger partial charge < -0.3 is 21.5 Å². The molecule has 0 aromatic carbocycles. The molecular formula is C17H33N3O5P+. The maximum Gasteiger partial charge on any atom is 0.508 e. The van der Waals surface area contributed by atoms with Crippen molar-refractivity contribution in [3.8, 4) is 0 Å². The van der Waals surface area contributed by atoms with Gasteiger partial charge in [-0.25, -0.2) is 0 Å². The number of hydrogen-bond acceptors (Lipinski definition) is 6. The van der Waals surface area contributed by atoms with E-state index in [4.69, 9.17) is 10.3 Å². The van der Waals surface area contributed by atoms with Crippen molar-refractivity contribution in [3.05, 3.63) is 0 Å². The Morgan fingerprint density at radius 1 is 1.23 bits per heavy atom. The smallest absolute Gasteiger partial charge is 0.389 e. The molecule has 1 saturated carbocycles. The van der Waals surface area contributed by atoms with E-state index in [1.165, 1.54) is 19.3 Å². The Balaban J connectivity index is 2.12. The van der Waals surface area contributed by atoms with Gasteiger partial charge in [-0.3, -0.25) is 9.59 Å². The van der Waals surface area contributed by atoms with Crippen LogP contribution in [-0.4, -0.2) is 54.9 Å². The molecule has 0 radical (unpaired) electrons. The summed E-state index contributed by atoms with van der Waals surface area (Å²) in [7, 11) is -1.78. The standard InChI is InChI=1S/C17H32N3O5P/c1-12(2)16(18)17(23)20-9-15(22)19-8-14(21)10-25-26(24)11-13-6-4-3-5-7-13/h12-14,16,21H,3-11,18H2,1-2H3,(H-,19,20,22,23)/p+1/t14-,16-/m0/s1. The van der Waals surface area contributed by atoms with Gasteiger partial charge in [0, 0.05) is 12.5 Å². The third-order valence-electron chi connectivity index (χ3n) is 4.52. The number of rotatable bonds is 11. The van der Waals surface area contributed by atoms with Crippen LogP contribution in [0.5, 0.6) is 0 Å². The largest absolute Gasteiger partial charge is 0.508 e. The minimum Gasteiger partial charge on any atom is -0.389 e. The molecule has 1 aliphatic carbocycles. The van der Waals surface area contributed by atoms with Gasteiger partial charge in [-0.05, 0) is 23.3 Å². The van der Waals surface area contributed by atoms with Crippen LogP contribution < -0.4 is 16.4 Å². The summed E-state index contributed by atoms with van der Waals surface area (Å²) in [6.45, 7) is 3.31. The Labute approximate surface area is 156 Å². The van der Waals surface area contributed by atoms with Crippen molar-refractivity contribution in [1.29, 1.82) is 0 Å². The van der Waals surface area contributed by atoms with Crippen LogP contribution in [0.15, 0.2) is 0 Å². The van der Waals surface area contributed by atoms with Gasteiger partial charge in [0.25, 0.3) is 0 Å². The number of aliphatic hydroxyl groups is 1. The first kappa shape index (κ1) is 23.0. The summed E-state index contributed by atoms with van der Waals surface area (Å²) in [5.74, 6) is -0.392. The lowest BCUT2D eigenvalue weighted by molar-refractivity contribution is -0.127. The van der Waals surface area contributed by atoms with Crippen molar-refractivity contribution in [2.24, 2.45) is 17.6 Å². The lowest BCUT2D eigenvalue weighted by Gasteiger charge is -2.16. The van der Waals surface area contributed by atoms with Gasteiger partial charge in [-0.2, -0.15) is 0 Å². The van der Waals surface area contributed by atoms with E-state index in [9.17, 15) is 19.3 Å². The molecule has 1 unspecified atom stereocenters. The average Bonchev–Trinajstić information content (AvgIpc) is 2.62.